The van der Waals surface area contributed by atoms with E-state index in [-0.39, 0.29) is 11.1 Å². The molecule has 8 heteroatoms. The number of aromatic amines is 1. The molecule has 3 aliphatic carbocycles. The third kappa shape index (κ3) is 4.82. The number of benzene rings is 1. The molecule has 3 fully saturated rings. The minimum atomic E-state index is -0.0817. The minimum Gasteiger partial charge on any atom is -0.353 e. The van der Waals surface area contributed by atoms with Gasteiger partial charge in [-0.1, -0.05) is 6.07 Å². The Morgan fingerprint density at radius 3 is 2.59 bits per heavy atom. The van der Waals surface area contributed by atoms with Crippen molar-refractivity contribution in [2.75, 3.05) is 0 Å². The highest BCUT2D eigenvalue weighted by Crippen LogP contribution is 2.44. The van der Waals surface area contributed by atoms with E-state index in [9.17, 15) is 10.1 Å². The molecule has 4 aromatic heterocycles. The maximum atomic E-state index is 14.2. The van der Waals surface area contributed by atoms with E-state index in [0.29, 0.717) is 28.7 Å². The van der Waals surface area contributed by atoms with Crippen LogP contribution in [0.4, 0.5) is 0 Å². The summed E-state index contributed by atoms with van der Waals surface area (Å²) in [6.45, 7) is 5.00. The molecular weight excluding hydrogens is 546 g/mol. The van der Waals surface area contributed by atoms with E-state index in [4.69, 9.17) is 4.98 Å². The van der Waals surface area contributed by atoms with Crippen LogP contribution in [0.2, 0.25) is 0 Å². The van der Waals surface area contributed by atoms with Gasteiger partial charge < -0.3 is 10.3 Å². The summed E-state index contributed by atoms with van der Waals surface area (Å²) in [4.78, 5) is 22.8. The number of pyridine rings is 2. The first-order valence-electron chi connectivity index (χ1n) is 15.8. The molecule has 0 amide bonds. The molecule has 4 heterocycles. The maximum absolute atomic E-state index is 14.2. The third-order valence-electron chi connectivity index (χ3n) is 9.78. The highest BCUT2D eigenvalue weighted by Gasteiger charge is 2.32. The van der Waals surface area contributed by atoms with Crippen LogP contribution in [0.25, 0.3) is 39.1 Å². The number of H-pyrrole nitrogens is 1. The Kier molecular flexibility index (Phi) is 6.28. The van der Waals surface area contributed by atoms with Gasteiger partial charge in [0.05, 0.1) is 17.3 Å². The van der Waals surface area contributed by atoms with Crippen LogP contribution in [0, 0.1) is 18.3 Å². The van der Waals surface area contributed by atoms with Crippen LogP contribution in [-0.4, -0.2) is 30.3 Å². The van der Waals surface area contributed by atoms with Crippen molar-refractivity contribution in [1.82, 2.24) is 30.0 Å². The molecule has 0 unspecified atom stereocenters. The Morgan fingerprint density at radius 1 is 1.07 bits per heavy atom. The lowest BCUT2D eigenvalue weighted by molar-refractivity contribution is 0.206. The zero-order valence-corrected chi connectivity index (χ0v) is 25.2. The van der Waals surface area contributed by atoms with Gasteiger partial charge in [0, 0.05) is 52.7 Å². The molecule has 1 aromatic carbocycles. The van der Waals surface area contributed by atoms with Crippen molar-refractivity contribution in [3.8, 4) is 34.3 Å². The SMILES string of the molecule is Cc1ccnnc1-c1cc(C#N)ccc1-c1cc(C2CC2)nc(-n2cc(C3CC3)c3cc(CNC4(C)CCC4)[nH]c3c2=O)c1. The first kappa shape index (κ1) is 27.0. The molecule has 8 nitrogen and oxygen atoms in total. The summed E-state index contributed by atoms with van der Waals surface area (Å²) in [7, 11) is 0. The van der Waals surface area contributed by atoms with Crippen LogP contribution in [0.1, 0.15) is 91.8 Å². The lowest BCUT2D eigenvalue weighted by Gasteiger charge is -2.39. The van der Waals surface area contributed by atoms with E-state index in [0.717, 1.165) is 76.9 Å². The predicted molar refractivity (Wildman–Crippen MR) is 171 cm³/mol. The van der Waals surface area contributed by atoms with Crippen molar-refractivity contribution in [2.45, 2.75) is 82.7 Å². The molecule has 44 heavy (non-hydrogen) atoms. The molecule has 3 saturated carbocycles. The molecule has 3 aliphatic rings. The van der Waals surface area contributed by atoms with Crippen molar-refractivity contribution in [3.63, 3.8) is 0 Å². The normalized spacial score (nSPS) is 17.4. The summed E-state index contributed by atoms with van der Waals surface area (Å²) in [6, 6.07) is 16.2. The molecule has 0 radical (unpaired) electrons. The van der Waals surface area contributed by atoms with Gasteiger partial charge in [-0.3, -0.25) is 9.36 Å². The second-order valence-corrected chi connectivity index (χ2v) is 13.2. The molecule has 5 aromatic rings. The Bertz CT molecular complexity index is 2040. The fourth-order valence-corrected chi connectivity index (χ4v) is 6.60. The summed E-state index contributed by atoms with van der Waals surface area (Å²) in [5, 5.41) is 23.0. The maximum Gasteiger partial charge on any atom is 0.280 e. The Hall–Kier alpha value is -4.61. The molecule has 0 saturated heterocycles. The highest BCUT2D eigenvalue weighted by molar-refractivity contribution is 5.86. The number of aryl methyl sites for hydroxylation is 1. The second-order valence-electron chi connectivity index (χ2n) is 13.2. The zero-order chi connectivity index (χ0) is 30.0. The standard InChI is InChI=1S/C36H35N7O/c1-21-10-13-39-42-33(21)28-14-22(18-37)4-9-27(28)25-15-31(24-7-8-24)41-32(16-25)43-20-30(23-5-6-23)29-17-26(40-34(29)35(43)44)19-38-36(2)11-3-12-36/h4,9-10,13-17,20,23-24,38,40H,3,5-8,11-12,19H2,1-2H3. The van der Waals surface area contributed by atoms with Gasteiger partial charge in [0.2, 0.25) is 0 Å². The average molecular weight is 582 g/mol. The Balaban J connectivity index is 1.28. The number of nitriles is 1. The van der Waals surface area contributed by atoms with Crippen molar-refractivity contribution in [1.29, 1.82) is 5.26 Å². The van der Waals surface area contributed by atoms with Crippen LogP contribution < -0.4 is 10.9 Å². The van der Waals surface area contributed by atoms with E-state index < -0.39 is 0 Å². The van der Waals surface area contributed by atoms with Gasteiger partial charge in [0.25, 0.3) is 5.56 Å². The monoisotopic (exact) mass is 581 g/mol. The smallest absolute Gasteiger partial charge is 0.280 e. The van der Waals surface area contributed by atoms with Gasteiger partial charge in [-0.15, -0.1) is 0 Å². The van der Waals surface area contributed by atoms with Gasteiger partial charge in [-0.05, 0) is 123 Å². The first-order chi connectivity index (χ1) is 21.4. The highest BCUT2D eigenvalue weighted by atomic mass is 16.1. The summed E-state index contributed by atoms with van der Waals surface area (Å²) in [5.74, 6) is 1.47. The third-order valence-corrected chi connectivity index (χ3v) is 9.78. The quantitative estimate of drug-likeness (QED) is 0.208. The Labute approximate surface area is 256 Å². The largest absolute Gasteiger partial charge is 0.353 e. The second kappa shape index (κ2) is 10.2. The number of aromatic nitrogens is 5. The van der Waals surface area contributed by atoms with Crippen molar-refractivity contribution in [3.05, 3.63) is 93.3 Å². The van der Waals surface area contributed by atoms with Crippen LogP contribution in [0.15, 0.2) is 59.7 Å². The van der Waals surface area contributed by atoms with Gasteiger partial charge >= 0.3 is 0 Å². The lowest BCUT2D eigenvalue weighted by Crippen LogP contribution is -2.47. The summed E-state index contributed by atoms with van der Waals surface area (Å²) in [6.07, 6.45) is 11.8. The van der Waals surface area contributed by atoms with Crippen molar-refractivity contribution >= 4 is 10.9 Å². The molecule has 220 valence electrons. The average Bonchev–Trinajstić information content (AvgIpc) is 3.96. The van der Waals surface area contributed by atoms with Gasteiger partial charge in [0.15, 0.2) is 0 Å². The first-order valence-corrected chi connectivity index (χ1v) is 15.8. The molecule has 2 N–H and O–H groups in total. The summed E-state index contributed by atoms with van der Waals surface area (Å²) < 4.78 is 1.75. The molecule has 0 spiro atoms. The van der Waals surface area contributed by atoms with E-state index in [2.05, 4.69) is 45.6 Å². The van der Waals surface area contributed by atoms with Crippen molar-refractivity contribution < 1.29 is 0 Å². The number of fused-ring (bicyclic) bond motifs is 1. The number of hydrogen-bond donors (Lipinski definition) is 2. The predicted octanol–water partition coefficient (Wildman–Crippen LogP) is 6.80. The molecule has 8 rings (SSSR count). The van der Waals surface area contributed by atoms with Crippen LogP contribution >= 0.6 is 0 Å². The van der Waals surface area contributed by atoms with E-state index in [1.807, 2.05) is 43.5 Å². The Morgan fingerprint density at radius 2 is 1.89 bits per heavy atom. The number of hydrogen-bond acceptors (Lipinski definition) is 6. The summed E-state index contributed by atoms with van der Waals surface area (Å²) >= 11 is 0. The molecule has 0 aliphatic heterocycles. The topological polar surface area (TPSA) is 112 Å². The number of rotatable bonds is 8. The molecule has 0 bridgehead atoms. The van der Waals surface area contributed by atoms with Crippen LogP contribution in [0.3, 0.4) is 0 Å². The van der Waals surface area contributed by atoms with Crippen LogP contribution in [0.5, 0.6) is 0 Å². The van der Waals surface area contributed by atoms with Gasteiger partial charge in [-0.2, -0.15) is 15.5 Å². The van der Waals surface area contributed by atoms with Crippen LogP contribution in [-0.2, 0) is 6.54 Å². The van der Waals surface area contributed by atoms with Gasteiger partial charge in [-0.25, -0.2) is 4.98 Å². The van der Waals surface area contributed by atoms with E-state index in [1.54, 1.807) is 10.8 Å². The van der Waals surface area contributed by atoms with E-state index in [1.165, 1.54) is 24.8 Å². The number of nitrogens with one attached hydrogen (secondary N) is 2. The lowest BCUT2D eigenvalue weighted by atomic mass is 9.78. The fraction of sp³-hybridized carbons (Fsp3) is 0.361. The van der Waals surface area contributed by atoms with Crippen molar-refractivity contribution in [2.24, 2.45) is 0 Å². The molecule has 0 atom stereocenters. The van der Waals surface area contributed by atoms with E-state index >= 15 is 0 Å². The molecular formula is C36H35N7O. The minimum absolute atomic E-state index is 0.0817. The van der Waals surface area contributed by atoms with Gasteiger partial charge in [0.1, 0.15) is 11.3 Å². The summed E-state index contributed by atoms with van der Waals surface area (Å²) in [5.41, 5.74) is 9.03. The zero-order valence-electron chi connectivity index (χ0n) is 25.2. The number of nitrogens with zero attached hydrogens (tertiary/aromatic N) is 5. The fourth-order valence-electron chi connectivity index (χ4n) is 6.60.